The summed E-state index contributed by atoms with van der Waals surface area (Å²) in [5.41, 5.74) is -0.268. The SMILES string of the molecule is COCC(C)(C)NC(=O)C(C)C. The minimum atomic E-state index is -0.268. The van der Waals surface area contributed by atoms with Gasteiger partial charge in [0.05, 0.1) is 12.1 Å². The van der Waals surface area contributed by atoms with E-state index in [9.17, 15) is 4.79 Å². The summed E-state index contributed by atoms with van der Waals surface area (Å²) in [6.45, 7) is 8.16. The summed E-state index contributed by atoms with van der Waals surface area (Å²) in [7, 11) is 1.63. The highest BCUT2D eigenvalue weighted by molar-refractivity contribution is 5.78. The summed E-state index contributed by atoms with van der Waals surface area (Å²) in [6.07, 6.45) is 0. The van der Waals surface area contributed by atoms with E-state index in [4.69, 9.17) is 4.74 Å². The molecule has 0 aromatic heterocycles. The highest BCUT2D eigenvalue weighted by atomic mass is 16.5. The lowest BCUT2D eigenvalue weighted by atomic mass is 10.1. The van der Waals surface area contributed by atoms with Crippen LogP contribution in [0.5, 0.6) is 0 Å². The van der Waals surface area contributed by atoms with Crippen molar-refractivity contribution >= 4 is 5.91 Å². The van der Waals surface area contributed by atoms with Crippen LogP contribution in [0.3, 0.4) is 0 Å². The first kappa shape index (κ1) is 11.4. The van der Waals surface area contributed by atoms with Crippen molar-refractivity contribution in [2.24, 2.45) is 5.92 Å². The molecule has 0 aliphatic carbocycles. The van der Waals surface area contributed by atoms with E-state index in [1.807, 2.05) is 27.7 Å². The van der Waals surface area contributed by atoms with Gasteiger partial charge in [0.2, 0.25) is 5.91 Å². The molecule has 12 heavy (non-hydrogen) atoms. The lowest BCUT2D eigenvalue weighted by Gasteiger charge is -2.26. The van der Waals surface area contributed by atoms with Crippen molar-refractivity contribution in [3.8, 4) is 0 Å². The van der Waals surface area contributed by atoms with Crippen LogP contribution in [0.15, 0.2) is 0 Å². The quantitative estimate of drug-likeness (QED) is 0.693. The molecule has 1 amide bonds. The fourth-order valence-electron chi connectivity index (χ4n) is 0.875. The fourth-order valence-corrected chi connectivity index (χ4v) is 0.875. The van der Waals surface area contributed by atoms with Crippen LogP contribution in [0.4, 0.5) is 0 Å². The smallest absolute Gasteiger partial charge is 0.223 e. The van der Waals surface area contributed by atoms with Gasteiger partial charge in [-0.2, -0.15) is 0 Å². The van der Waals surface area contributed by atoms with E-state index in [2.05, 4.69) is 5.32 Å². The Balaban J connectivity index is 3.96. The number of nitrogens with one attached hydrogen (secondary N) is 1. The van der Waals surface area contributed by atoms with Crippen molar-refractivity contribution in [3.63, 3.8) is 0 Å². The van der Waals surface area contributed by atoms with Gasteiger partial charge in [-0.1, -0.05) is 13.8 Å². The Morgan fingerprint density at radius 3 is 2.33 bits per heavy atom. The van der Waals surface area contributed by atoms with Gasteiger partial charge in [-0.15, -0.1) is 0 Å². The topological polar surface area (TPSA) is 38.3 Å². The van der Waals surface area contributed by atoms with Gasteiger partial charge in [-0.25, -0.2) is 0 Å². The molecule has 3 nitrogen and oxygen atoms in total. The third-order valence-corrected chi connectivity index (χ3v) is 1.49. The van der Waals surface area contributed by atoms with Gasteiger partial charge in [-0.05, 0) is 13.8 Å². The first-order chi connectivity index (χ1) is 5.39. The Bertz CT molecular complexity index is 153. The molecule has 0 radical (unpaired) electrons. The molecule has 0 heterocycles. The Hall–Kier alpha value is -0.570. The van der Waals surface area contributed by atoms with E-state index >= 15 is 0 Å². The molecule has 0 aromatic carbocycles. The van der Waals surface area contributed by atoms with Gasteiger partial charge in [-0.3, -0.25) is 4.79 Å². The maximum Gasteiger partial charge on any atom is 0.223 e. The van der Waals surface area contributed by atoms with Gasteiger partial charge in [0.25, 0.3) is 0 Å². The second-order valence-corrected chi connectivity index (χ2v) is 3.96. The maximum atomic E-state index is 11.3. The molecule has 1 N–H and O–H groups in total. The van der Waals surface area contributed by atoms with E-state index in [0.29, 0.717) is 6.61 Å². The molecule has 0 bridgehead atoms. The number of hydrogen-bond donors (Lipinski definition) is 1. The molecule has 0 aromatic rings. The Labute approximate surface area is 74.5 Å². The zero-order chi connectivity index (χ0) is 9.78. The molecule has 72 valence electrons. The van der Waals surface area contributed by atoms with Crippen LogP contribution < -0.4 is 5.32 Å². The van der Waals surface area contributed by atoms with E-state index in [1.54, 1.807) is 7.11 Å². The molecule has 0 aliphatic heterocycles. The highest BCUT2D eigenvalue weighted by Crippen LogP contribution is 2.04. The predicted molar refractivity (Wildman–Crippen MR) is 48.9 cm³/mol. The van der Waals surface area contributed by atoms with Gasteiger partial charge < -0.3 is 10.1 Å². The second kappa shape index (κ2) is 4.45. The first-order valence-corrected chi connectivity index (χ1v) is 4.20. The largest absolute Gasteiger partial charge is 0.382 e. The minimum Gasteiger partial charge on any atom is -0.382 e. The van der Waals surface area contributed by atoms with Crippen molar-refractivity contribution in [2.45, 2.75) is 33.2 Å². The molecule has 0 rings (SSSR count). The van der Waals surface area contributed by atoms with Crippen molar-refractivity contribution < 1.29 is 9.53 Å². The van der Waals surface area contributed by atoms with Crippen LogP contribution in [0.25, 0.3) is 0 Å². The molecule has 0 unspecified atom stereocenters. The number of ether oxygens (including phenoxy) is 1. The van der Waals surface area contributed by atoms with E-state index in [1.165, 1.54) is 0 Å². The number of hydrogen-bond acceptors (Lipinski definition) is 2. The van der Waals surface area contributed by atoms with Crippen LogP contribution in [0.2, 0.25) is 0 Å². The van der Waals surface area contributed by atoms with E-state index in [-0.39, 0.29) is 17.4 Å². The predicted octanol–water partition coefficient (Wildman–Crippen LogP) is 1.18. The molecule has 0 spiro atoms. The van der Waals surface area contributed by atoms with Gasteiger partial charge in [0.15, 0.2) is 0 Å². The number of methoxy groups -OCH3 is 1. The zero-order valence-corrected chi connectivity index (χ0v) is 8.60. The van der Waals surface area contributed by atoms with Crippen molar-refractivity contribution in [2.75, 3.05) is 13.7 Å². The van der Waals surface area contributed by atoms with Crippen molar-refractivity contribution in [3.05, 3.63) is 0 Å². The fraction of sp³-hybridized carbons (Fsp3) is 0.889. The molecule has 0 atom stereocenters. The third-order valence-electron chi connectivity index (χ3n) is 1.49. The zero-order valence-electron chi connectivity index (χ0n) is 8.60. The summed E-state index contributed by atoms with van der Waals surface area (Å²) in [5, 5.41) is 2.89. The summed E-state index contributed by atoms with van der Waals surface area (Å²) in [5.74, 6) is 0.0955. The average molecular weight is 173 g/mol. The first-order valence-electron chi connectivity index (χ1n) is 4.20. The Morgan fingerprint density at radius 1 is 1.50 bits per heavy atom. The van der Waals surface area contributed by atoms with Crippen LogP contribution >= 0.6 is 0 Å². The van der Waals surface area contributed by atoms with Crippen LogP contribution in [-0.2, 0) is 9.53 Å². The Morgan fingerprint density at radius 2 is 2.00 bits per heavy atom. The molecular formula is C9H19NO2. The lowest BCUT2D eigenvalue weighted by molar-refractivity contribution is -0.126. The van der Waals surface area contributed by atoms with Crippen LogP contribution in [0.1, 0.15) is 27.7 Å². The van der Waals surface area contributed by atoms with E-state index in [0.717, 1.165) is 0 Å². The summed E-state index contributed by atoms with van der Waals surface area (Å²) in [4.78, 5) is 11.3. The highest BCUT2D eigenvalue weighted by Gasteiger charge is 2.21. The number of amides is 1. The number of carbonyl (C=O) groups is 1. The average Bonchev–Trinajstić information content (AvgIpc) is 1.85. The van der Waals surface area contributed by atoms with E-state index < -0.39 is 0 Å². The Kier molecular flexibility index (Phi) is 4.24. The minimum absolute atomic E-state index is 0.0288. The molecule has 0 aliphatic rings. The van der Waals surface area contributed by atoms with Crippen LogP contribution in [0, 0.1) is 5.92 Å². The van der Waals surface area contributed by atoms with Crippen molar-refractivity contribution in [1.29, 1.82) is 0 Å². The van der Waals surface area contributed by atoms with Crippen molar-refractivity contribution in [1.82, 2.24) is 5.32 Å². The maximum absolute atomic E-state index is 11.3. The molecule has 3 heteroatoms. The number of carbonyl (C=O) groups excluding carboxylic acids is 1. The third kappa shape index (κ3) is 4.34. The molecular weight excluding hydrogens is 154 g/mol. The second-order valence-electron chi connectivity index (χ2n) is 3.96. The van der Waals surface area contributed by atoms with Gasteiger partial charge >= 0.3 is 0 Å². The van der Waals surface area contributed by atoms with Gasteiger partial charge in [0.1, 0.15) is 0 Å². The molecule has 0 fully saturated rings. The monoisotopic (exact) mass is 173 g/mol. The summed E-state index contributed by atoms with van der Waals surface area (Å²) < 4.78 is 4.97. The molecule has 0 saturated carbocycles. The molecule has 0 saturated heterocycles. The number of rotatable bonds is 4. The lowest BCUT2D eigenvalue weighted by Crippen LogP contribution is -2.48. The summed E-state index contributed by atoms with van der Waals surface area (Å²) in [6, 6.07) is 0. The van der Waals surface area contributed by atoms with Crippen LogP contribution in [-0.4, -0.2) is 25.2 Å². The normalized spacial score (nSPS) is 11.8. The van der Waals surface area contributed by atoms with Gasteiger partial charge in [0, 0.05) is 13.0 Å². The standard InChI is InChI=1S/C9H19NO2/c1-7(2)8(11)10-9(3,4)6-12-5/h7H,6H2,1-5H3,(H,10,11). The summed E-state index contributed by atoms with van der Waals surface area (Å²) >= 11 is 0.